The van der Waals surface area contributed by atoms with Crippen molar-refractivity contribution in [3.8, 4) is 11.3 Å². The summed E-state index contributed by atoms with van der Waals surface area (Å²) < 4.78 is 0.860. The van der Waals surface area contributed by atoms with Gasteiger partial charge in [-0.2, -0.15) is 0 Å². The smallest absolute Gasteiger partial charge is 0.106 e. The topological polar surface area (TPSA) is 28.7 Å². The Hall–Kier alpha value is -1.61. The summed E-state index contributed by atoms with van der Waals surface area (Å²) in [5.41, 5.74) is 4.31. The fourth-order valence-electron chi connectivity index (χ4n) is 1.76. The summed E-state index contributed by atoms with van der Waals surface area (Å²) in [6.45, 7) is 0. The number of nitrogens with one attached hydrogen (secondary N) is 1. The maximum atomic E-state index is 4.41. The number of aromatic amines is 1. The van der Waals surface area contributed by atoms with E-state index in [1.165, 1.54) is 5.56 Å². The molecule has 0 saturated heterocycles. The number of halogens is 1. The van der Waals surface area contributed by atoms with E-state index in [9.17, 15) is 0 Å². The van der Waals surface area contributed by atoms with Gasteiger partial charge in [-0.25, -0.2) is 4.98 Å². The summed E-state index contributed by atoms with van der Waals surface area (Å²) in [5, 5.41) is 0. The zero-order valence-corrected chi connectivity index (χ0v) is 10.0. The molecule has 1 N–H and O–H groups in total. The van der Waals surface area contributed by atoms with Crippen molar-refractivity contribution >= 4 is 27.0 Å². The average molecular weight is 273 g/mol. The van der Waals surface area contributed by atoms with Gasteiger partial charge in [0, 0.05) is 5.69 Å². The van der Waals surface area contributed by atoms with E-state index in [-0.39, 0.29) is 0 Å². The van der Waals surface area contributed by atoms with E-state index in [4.69, 9.17) is 0 Å². The number of fused-ring (bicyclic) bond motifs is 1. The van der Waals surface area contributed by atoms with E-state index in [0.717, 1.165) is 21.3 Å². The molecule has 2 nitrogen and oxygen atoms in total. The van der Waals surface area contributed by atoms with Crippen LogP contribution in [-0.2, 0) is 0 Å². The molecule has 0 atom stereocenters. The maximum absolute atomic E-state index is 4.41. The highest BCUT2D eigenvalue weighted by Crippen LogP contribution is 2.23. The molecule has 0 amide bonds. The molecule has 0 aliphatic heterocycles. The number of hydrogen-bond donors (Lipinski definition) is 1. The molecule has 16 heavy (non-hydrogen) atoms. The second kappa shape index (κ2) is 3.76. The van der Waals surface area contributed by atoms with Crippen LogP contribution in [0.2, 0.25) is 0 Å². The maximum Gasteiger partial charge on any atom is 0.106 e. The van der Waals surface area contributed by atoms with Crippen LogP contribution < -0.4 is 0 Å². The zero-order chi connectivity index (χ0) is 11.0. The summed E-state index contributed by atoms with van der Waals surface area (Å²) >= 11 is 3.37. The molecule has 0 fully saturated rings. The Labute approximate surface area is 101 Å². The first-order valence-corrected chi connectivity index (χ1v) is 5.83. The summed E-state index contributed by atoms with van der Waals surface area (Å²) in [4.78, 5) is 7.76. The highest BCUT2D eigenvalue weighted by atomic mass is 79.9. The molecule has 0 unspecified atom stereocenters. The molecule has 0 bridgehead atoms. The first-order chi connectivity index (χ1) is 7.83. The van der Waals surface area contributed by atoms with Crippen LogP contribution in [0.25, 0.3) is 22.3 Å². The minimum Gasteiger partial charge on any atom is -0.353 e. The molecular weight excluding hydrogens is 264 g/mol. The number of aromatic nitrogens is 2. The number of hydrogen-bond acceptors (Lipinski definition) is 1. The standard InChI is InChI=1S/C13H9BrN2/c14-13-7-6-10-12(16-13)8-11(15-10)9-4-2-1-3-5-9/h1-8,15H. The van der Waals surface area contributed by atoms with Gasteiger partial charge in [-0.1, -0.05) is 30.3 Å². The van der Waals surface area contributed by atoms with Crippen LogP contribution in [0.15, 0.2) is 53.1 Å². The highest BCUT2D eigenvalue weighted by Gasteiger charge is 2.03. The van der Waals surface area contributed by atoms with Crippen molar-refractivity contribution in [3.05, 3.63) is 53.1 Å². The molecule has 2 aromatic heterocycles. The van der Waals surface area contributed by atoms with Crippen molar-refractivity contribution in [2.45, 2.75) is 0 Å². The van der Waals surface area contributed by atoms with Crippen LogP contribution in [0.1, 0.15) is 0 Å². The third-order valence-electron chi connectivity index (χ3n) is 2.53. The largest absolute Gasteiger partial charge is 0.353 e. The number of rotatable bonds is 1. The number of pyridine rings is 1. The molecule has 1 aromatic carbocycles. The Balaban J connectivity index is 2.19. The molecule has 2 heterocycles. The minimum absolute atomic E-state index is 0.860. The lowest BCUT2D eigenvalue weighted by atomic mass is 10.2. The van der Waals surface area contributed by atoms with Crippen molar-refractivity contribution in [2.75, 3.05) is 0 Å². The van der Waals surface area contributed by atoms with E-state index in [1.807, 2.05) is 30.3 Å². The fourth-order valence-corrected chi connectivity index (χ4v) is 2.08. The predicted octanol–water partition coefficient (Wildman–Crippen LogP) is 3.99. The number of H-pyrrole nitrogens is 1. The number of benzene rings is 1. The summed E-state index contributed by atoms with van der Waals surface area (Å²) in [6, 6.07) is 16.3. The Bertz CT molecular complexity index is 629. The van der Waals surface area contributed by atoms with Crippen LogP contribution in [0.4, 0.5) is 0 Å². The van der Waals surface area contributed by atoms with Crippen molar-refractivity contribution < 1.29 is 0 Å². The van der Waals surface area contributed by atoms with Crippen molar-refractivity contribution in [1.29, 1.82) is 0 Å². The van der Waals surface area contributed by atoms with Gasteiger partial charge >= 0.3 is 0 Å². The lowest BCUT2D eigenvalue weighted by Gasteiger charge is -1.94. The quantitative estimate of drug-likeness (QED) is 0.667. The molecule has 0 saturated carbocycles. The first kappa shape index (κ1) is 9.60. The second-order valence-corrected chi connectivity index (χ2v) is 4.43. The molecule has 3 aromatic rings. The van der Waals surface area contributed by atoms with Crippen LogP contribution in [-0.4, -0.2) is 9.97 Å². The van der Waals surface area contributed by atoms with Gasteiger partial charge in [0.1, 0.15) is 4.60 Å². The van der Waals surface area contributed by atoms with Crippen molar-refractivity contribution in [3.63, 3.8) is 0 Å². The van der Waals surface area contributed by atoms with Gasteiger partial charge in [0.25, 0.3) is 0 Å². The SMILES string of the molecule is Brc1ccc2[nH]c(-c3ccccc3)cc2n1. The number of nitrogens with zero attached hydrogens (tertiary/aromatic N) is 1. The van der Waals surface area contributed by atoms with E-state index in [1.54, 1.807) is 0 Å². The molecule has 0 aliphatic rings. The van der Waals surface area contributed by atoms with E-state index in [0.29, 0.717) is 0 Å². The normalized spacial score (nSPS) is 10.8. The van der Waals surface area contributed by atoms with Gasteiger partial charge in [0.2, 0.25) is 0 Å². The van der Waals surface area contributed by atoms with Crippen LogP contribution in [0, 0.1) is 0 Å². The third-order valence-corrected chi connectivity index (χ3v) is 2.97. The summed E-state index contributed by atoms with van der Waals surface area (Å²) in [6.07, 6.45) is 0. The molecule has 0 radical (unpaired) electrons. The van der Waals surface area contributed by atoms with E-state index in [2.05, 4.69) is 44.1 Å². The molecule has 0 spiro atoms. The van der Waals surface area contributed by atoms with E-state index >= 15 is 0 Å². The van der Waals surface area contributed by atoms with Gasteiger partial charge in [-0.05, 0) is 39.7 Å². The Kier molecular flexibility index (Phi) is 2.26. The monoisotopic (exact) mass is 272 g/mol. The van der Waals surface area contributed by atoms with E-state index < -0.39 is 0 Å². The first-order valence-electron chi connectivity index (χ1n) is 5.03. The average Bonchev–Trinajstić information content (AvgIpc) is 2.73. The van der Waals surface area contributed by atoms with Gasteiger partial charge in [0.15, 0.2) is 0 Å². The minimum atomic E-state index is 0.860. The fraction of sp³-hybridized carbons (Fsp3) is 0. The molecule has 0 aliphatic carbocycles. The van der Waals surface area contributed by atoms with Crippen molar-refractivity contribution in [1.82, 2.24) is 9.97 Å². The van der Waals surface area contributed by atoms with Crippen LogP contribution >= 0.6 is 15.9 Å². The van der Waals surface area contributed by atoms with Crippen molar-refractivity contribution in [2.24, 2.45) is 0 Å². The molecule has 3 rings (SSSR count). The summed E-state index contributed by atoms with van der Waals surface area (Å²) in [5.74, 6) is 0. The predicted molar refractivity (Wildman–Crippen MR) is 69.2 cm³/mol. The van der Waals surface area contributed by atoms with Gasteiger partial charge in [0.05, 0.1) is 11.0 Å². The Morgan fingerprint density at radius 2 is 1.81 bits per heavy atom. The van der Waals surface area contributed by atoms with Gasteiger partial charge < -0.3 is 4.98 Å². The second-order valence-electron chi connectivity index (χ2n) is 3.62. The van der Waals surface area contributed by atoms with Gasteiger partial charge in [-0.15, -0.1) is 0 Å². The van der Waals surface area contributed by atoms with Crippen LogP contribution in [0.3, 0.4) is 0 Å². The lowest BCUT2D eigenvalue weighted by Crippen LogP contribution is -1.75. The molecule has 78 valence electrons. The Morgan fingerprint density at radius 3 is 2.62 bits per heavy atom. The highest BCUT2D eigenvalue weighted by molar-refractivity contribution is 9.10. The lowest BCUT2D eigenvalue weighted by molar-refractivity contribution is 1.35. The Morgan fingerprint density at radius 1 is 1.00 bits per heavy atom. The van der Waals surface area contributed by atoms with Gasteiger partial charge in [-0.3, -0.25) is 0 Å². The third kappa shape index (κ3) is 1.63. The van der Waals surface area contributed by atoms with Crippen LogP contribution in [0.5, 0.6) is 0 Å². The molecular formula is C13H9BrN2. The summed E-state index contributed by atoms with van der Waals surface area (Å²) in [7, 11) is 0. The molecule has 3 heteroatoms. The zero-order valence-electron chi connectivity index (χ0n) is 8.44.